The predicted molar refractivity (Wildman–Crippen MR) is 64.3 cm³/mol. The molecule has 1 rings (SSSR count). The van der Waals surface area contributed by atoms with E-state index in [-0.39, 0.29) is 0 Å². The Hall–Kier alpha value is -0.260. The second-order valence-electron chi connectivity index (χ2n) is 5.75. The Morgan fingerprint density at radius 3 is 2.50 bits per heavy atom. The molecule has 0 N–H and O–H groups in total. The van der Waals surface area contributed by atoms with Crippen LogP contribution in [0.1, 0.15) is 53.4 Å². The molecule has 3 atom stereocenters. The normalized spacial score (nSPS) is 33.4. The molecule has 0 bridgehead atoms. The molecule has 0 aliphatic heterocycles. The highest BCUT2D eigenvalue weighted by Gasteiger charge is 2.30. The maximum absolute atomic E-state index is 4.07. The third kappa shape index (κ3) is 3.15. The Labute approximate surface area is 89.8 Å². The average molecular weight is 194 g/mol. The summed E-state index contributed by atoms with van der Waals surface area (Å²) in [7, 11) is 0. The van der Waals surface area contributed by atoms with Gasteiger partial charge < -0.3 is 0 Å². The largest absolute Gasteiger partial charge is 0.100 e. The summed E-state index contributed by atoms with van der Waals surface area (Å²) >= 11 is 0. The van der Waals surface area contributed by atoms with Gasteiger partial charge in [0.25, 0.3) is 0 Å². The summed E-state index contributed by atoms with van der Waals surface area (Å²) in [5.41, 5.74) is 1.37. The van der Waals surface area contributed by atoms with Crippen molar-refractivity contribution in [2.75, 3.05) is 0 Å². The zero-order valence-corrected chi connectivity index (χ0v) is 10.3. The predicted octanol–water partition coefficient (Wildman–Crippen LogP) is 4.66. The van der Waals surface area contributed by atoms with Gasteiger partial charge in [0.1, 0.15) is 0 Å². The lowest BCUT2D eigenvalue weighted by Crippen LogP contribution is -2.27. The zero-order chi connectivity index (χ0) is 10.7. The lowest BCUT2D eigenvalue weighted by molar-refractivity contribution is 0.144. The van der Waals surface area contributed by atoms with Crippen molar-refractivity contribution < 1.29 is 0 Å². The summed E-state index contributed by atoms with van der Waals surface area (Å²) < 4.78 is 0. The molecule has 1 aliphatic carbocycles. The molecular formula is C14H26. The van der Waals surface area contributed by atoms with Gasteiger partial charge in [-0.05, 0) is 49.9 Å². The first-order valence-electron chi connectivity index (χ1n) is 6.15. The van der Waals surface area contributed by atoms with Crippen LogP contribution in [0.15, 0.2) is 12.2 Å². The van der Waals surface area contributed by atoms with E-state index in [0.29, 0.717) is 0 Å². The maximum Gasteiger partial charge on any atom is -0.0294 e. The van der Waals surface area contributed by atoms with E-state index in [1.165, 1.54) is 31.3 Å². The van der Waals surface area contributed by atoms with E-state index in [1.54, 1.807) is 0 Å². The number of hydrogen-bond donors (Lipinski definition) is 0. The summed E-state index contributed by atoms with van der Waals surface area (Å²) in [6.45, 7) is 13.4. The number of allylic oxidation sites excluding steroid dienone is 1. The van der Waals surface area contributed by atoms with Gasteiger partial charge in [-0.25, -0.2) is 0 Å². The fourth-order valence-electron chi connectivity index (χ4n) is 3.08. The summed E-state index contributed by atoms with van der Waals surface area (Å²) in [6.07, 6.45) is 5.56. The van der Waals surface area contributed by atoms with Crippen molar-refractivity contribution in [1.82, 2.24) is 0 Å². The molecule has 0 heteroatoms. The van der Waals surface area contributed by atoms with Crippen LogP contribution in [0, 0.1) is 23.7 Å². The second kappa shape index (κ2) is 5.00. The first-order chi connectivity index (χ1) is 6.50. The Morgan fingerprint density at radius 2 is 2.00 bits per heavy atom. The van der Waals surface area contributed by atoms with Crippen molar-refractivity contribution in [3.05, 3.63) is 12.2 Å². The maximum atomic E-state index is 4.07. The van der Waals surface area contributed by atoms with Gasteiger partial charge in [-0.2, -0.15) is 0 Å². The minimum atomic E-state index is 0.854. The van der Waals surface area contributed by atoms with Gasteiger partial charge >= 0.3 is 0 Å². The lowest BCUT2D eigenvalue weighted by Gasteiger charge is -2.37. The van der Waals surface area contributed by atoms with Crippen LogP contribution in [0.5, 0.6) is 0 Å². The van der Waals surface area contributed by atoms with Gasteiger partial charge in [0.05, 0.1) is 0 Å². The van der Waals surface area contributed by atoms with Gasteiger partial charge in [0, 0.05) is 0 Å². The van der Waals surface area contributed by atoms with Gasteiger partial charge in [0.2, 0.25) is 0 Å². The molecule has 0 nitrogen and oxygen atoms in total. The summed E-state index contributed by atoms with van der Waals surface area (Å²) in [4.78, 5) is 0. The summed E-state index contributed by atoms with van der Waals surface area (Å²) in [5, 5.41) is 0. The zero-order valence-electron chi connectivity index (χ0n) is 10.3. The van der Waals surface area contributed by atoms with Crippen molar-refractivity contribution >= 4 is 0 Å². The van der Waals surface area contributed by atoms with Crippen molar-refractivity contribution in [3.8, 4) is 0 Å². The van der Waals surface area contributed by atoms with Crippen LogP contribution in [0.25, 0.3) is 0 Å². The molecule has 82 valence electrons. The molecule has 0 heterocycles. The van der Waals surface area contributed by atoms with Crippen LogP contribution in [-0.4, -0.2) is 0 Å². The van der Waals surface area contributed by atoms with E-state index in [9.17, 15) is 0 Å². The van der Waals surface area contributed by atoms with Gasteiger partial charge in [-0.1, -0.05) is 32.8 Å². The van der Waals surface area contributed by atoms with Crippen LogP contribution < -0.4 is 0 Å². The number of hydrogen-bond acceptors (Lipinski definition) is 0. The highest BCUT2D eigenvalue weighted by Crippen LogP contribution is 2.40. The van der Waals surface area contributed by atoms with Crippen LogP contribution in [0.4, 0.5) is 0 Å². The molecule has 0 amide bonds. The minimum Gasteiger partial charge on any atom is -0.100 e. The minimum absolute atomic E-state index is 0.854. The average Bonchev–Trinajstić information content (AvgIpc) is 2.01. The van der Waals surface area contributed by atoms with Gasteiger partial charge in [0.15, 0.2) is 0 Å². The van der Waals surface area contributed by atoms with Crippen molar-refractivity contribution in [3.63, 3.8) is 0 Å². The Balaban J connectivity index is 2.58. The van der Waals surface area contributed by atoms with E-state index >= 15 is 0 Å². The Bertz CT molecular complexity index is 190. The molecule has 0 saturated heterocycles. The summed E-state index contributed by atoms with van der Waals surface area (Å²) in [5.74, 6) is 3.65. The van der Waals surface area contributed by atoms with Crippen molar-refractivity contribution in [2.24, 2.45) is 23.7 Å². The highest BCUT2D eigenvalue weighted by molar-refractivity contribution is 4.94. The van der Waals surface area contributed by atoms with E-state index in [4.69, 9.17) is 0 Å². The van der Waals surface area contributed by atoms with E-state index in [0.717, 1.165) is 23.7 Å². The molecule has 0 radical (unpaired) electrons. The van der Waals surface area contributed by atoms with Crippen LogP contribution in [-0.2, 0) is 0 Å². The summed E-state index contributed by atoms with van der Waals surface area (Å²) in [6, 6.07) is 0. The fourth-order valence-corrected chi connectivity index (χ4v) is 3.08. The molecular weight excluding hydrogens is 168 g/mol. The quantitative estimate of drug-likeness (QED) is 0.573. The van der Waals surface area contributed by atoms with Crippen molar-refractivity contribution in [2.45, 2.75) is 53.4 Å². The SMILES string of the molecule is C=C(C)CC1CC(C)CCC1C(C)C. The molecule has 1 fully saturated rings. The third-order valence-corrected chi connectivity index (χ3v) is 3.77. The van der Waals surface area contributed by atoms with E-state index in [2.05, 4.69) is 34.3 Å². The topological polar surface area (TPSA) is 0 Å². The second-order valence-corrected chi connectivity index (χ2v) is 5.75. The monoisotopic (exact) mass is 194 g/mol. The molecule has 1 aliphatic rings. The fraction of sp³-hybridized carbons (Fsp3) is 0.857. The first kappa shape index (κ1) is 11.8. The highest BCUT2D eigenvalue weighted by atomic mass is 14.3. The Kier molecular flexibility index (Phi) is 4.22. The number of rotatable bonds is 3. The molecule has 0 aromatic rings. The van der Waals surface area contributed by atoms with Gasteiger partial charge in [-0.15, -0.1) is 6.58 Å². The molecule has 3 unspecified atom stereocenters. The first-order valence-corrected chi connectivity index (χ1v) is 6.15. The third-order valence-electron chi connectivity index (χ3n) is 3.77. The van der Waals surface area contributed by atoms with Crippen LogP contribution in [0.2, 0.25) is 0 Å². The smallest absolute Gasteiger partial charge is 0.0294 e. The standard InChI is InChI=1S/C14H26/c1-10(2)8-13-9-12(5)6-7-14(13)11(3)4/h11-14H,1,6-9H2,2-5H3. The van der Waals surface area contributed by atoms with E-state index in [1.807, 2.05) is 0 Å². The van der Waals surface area contributed by atoms with E-state index < -0.39 is 0 Å². The lowest BCUT2D eigenvalue weighted by atomic mass is 9.68. The molecule has 0 aromatic heterocycles. The van der Waals surface area contributed by atoms with Crippen LogP contribution >= 0.6 is 0 Å². The van der Waals surface area contributed by atoms with Crippen LogP contribution in [0.3, 0.4) is 0 Å². The Morgan fingerprint density at radius 1 is 1.36 bits per heavy atom. The molecule has 1 saturated carbocycles. The molecule has 0 spiro atoms. The molecule has 14 heavy (non-hydrogen) atoms. The van der Waals surface area contributed by atoms with Gasteiger partial charge in [-0.3, -0.25) is 0 Å². The molecule has 0 aromatic carbocycles. The van der Waals surface area contributed by atoms with Crippen molar-refractivity contribution in [1.29, 1.82) is 0 Å².